The molecule has 1 atom stereocenters. The van der Waals surface area contributed by atoms with E-state index in [9.17, 15) is 5.11 Å². The molecule has 10 heteroatoms. The fourth-order valence-corrected chi connectivity index (χ4v) is 2.51. The molecule has 0 radical (unpaired) electrons. The SMILES string of the molecule is OC(Cn1cnc2cncnc21)n1cnc2c(=S)nc[nH]c21. The molecule has 1 unspecified atom stereocenters. The summed E-state index contributed by atoms with van der Waals surface area (Å²) in [5.74, 6) is 0. The zero-order valence-corrected chi connectivity index (χ0v) is 12.0. The lowest BCUT2D eigenvalue weighted by atomic mass is 10.4. The molecular formula is C12H10N8OS. The van der Waals surface area contributed by atoms with Gasteiger partial charge in [0.2, 0.25) is 0 Å². The highest BCUT2D eigenvalue weighted by Gasteiger charge is 2.14. The van der Waals surface area contributed by atoms with Crippen molar-refractivity contribution in [1.29, 1.82) is 0 Å². The van der Waals surface area contributed by atoms with E-state index in [1.54, 1.807) is 21.7 Å². The molecule has 0 bridgehead atoms. The minimum absolute atomic E-state index is 0.266. The molecule has 9 nitrogen and oxygen atoms in total. The van der Waals surface area contributed by atoms with Gasteiger partial charge in [-0.3, -0.25) is 4.57 Å². The van der Waals surface area contributed by atoms with Crippen molar-refractivity contribution < 1.29 is 5.11 Å². The van der Waals surface area contributed by atoms with Crippen molar-refractivity contribution in [2.24, 2.45) is 0 Å². The Morgan fingerprint density at radius 1 is 1.23 bits per heavy atom. The van der Waals surface area contributed by atoms with Crippen LogP contribution in [0, 0.1) is 4.64 Å². The van der Waals surface area contributed by atoms with Crippen molar-refractivity contribution in [3.8, 4) is 0 Å². The van der Waals surface area contributed by atoms with Gasteiger partial charge in [0.05, 0.1) is 31.7 Å². The van der Waals surface area contributed by atoms with E-state index in [1.807, 2.05) is 0 Å². The number of aromatic amines is 1. The third kappa shape index (κ3) is 1.96. The van der Waals surface area contributed by atoms with Crippen molar-refractivity contribution in [2.75, 3.05) is 0 Å². The first-order valence-corrected chi connectivity index (χ1v) is 6.84. The Morgan fingerprint density at radius 2 is 2.14 bits per heavy atom. The molecule has 0 saturated heterocycles. The van der Waals surface area contributed by atoms with Crippen molar-refractivity contribution in [1.82, 2.24) is 39.0 Å². The van der Waals surface area contributed by atoms with Crippen LogP contribution >= 0.6 is 12.2 Å². The maximum absolute atomic E-state index is 10.5. The van der Waals surface area contributed by atoms with Crippen LogP contribution in [0.15, 0.2) is 31.5 Å². The Hall–Kier alpha value is -2.72. The van der Waals surface area contributed by atoms with Crippen LogP contribution in [0.5, 0.6) is 0 Å². The maximum Gasteiger partial charge on any atom is 0.163 e. The quantitative estimate of drug-likeness (QED) is 0.539. The number of aromatic nitrogens is 8. The van der Waals surface area contributed by atoms with Crippen LogP contribution in [0.1, 0.15) is 6.23 Å². The summed E-state index contributed by atoms with van der Waals surface area (Å²) >= 11 is 5.11. The van der Waals surface area contributed by atoms with Gasteiger partial charge in [-0.1, -0.05) is 12.2 Å². The predicted octanol–water partition coefficient (Wildman–Crippen LogP) is 0.820. The van der Waals surface area contributed by atoms with Crippen molar-refractivity contribution in [3.05, 3.63) is 36.1 Å². The van der Waals surface area contributed by atoms with Crippen LogP contribution in [-0.4, -0.2) is 44.1 Å². The number of H-pyrrole nitrogens is 1. The molecule has 0 aromatic carbocycles. The standard InChI is InChI=1S/C12H10N8OS/c21-8(2-19-5-17-7-1-13-3-14-10(7)19)20-6-18-9-11(20)15-4-16-12(9)22/h1,3-6,8,21H,2H2,(H,15,16,22). The fraction of sp³-hybridized carbons (Fsp3) is 0.167. The smallest absolute Gasteiger partial charge is 0.163 e. The molecule has 0 aliphatic carbocycles. The number of aliphatic hydroxyl groups is 1. The second kappa shape index (κ2) is 4.93. The summed E-state index contributed by atoms with van der Waals surface area (Å²) in [7, 11) is 0. The molecular weight excluding hydrogens is 304 g/mol. The van der Waals surface area contributed by atoms with Crippen LogP contribution in [0.25, 0.3) is 22.3 Å². The predicted molar refractivity (Wildman–Crippen MR) is 79.3 cm³/mol. The number of hydrogen-bond acceptors (Lipinski definition) is 7. The van der Waals surface area contributed by atoms with Gasteiger partial charge in [-0.2, -0.15) is 0 Å². The molecule has 4 aromatic rings. The van der Waals surface area contributed by atoms with Crippen LogP contribution in [0.4, 0.5) is 0 Å². The van der Waals surface area contributed by atoms with Gasteiger partial charge in [0.1, 0.15) is 23.0 Å². The van der Waals surface area contributed by atoms with Gasteiger partial charge in [0.15, 0.2) is 16.5 Å². The average molecular weight is 314 g/mol. The minimum Gasteiger partial charge on any atom is -0.371 e. The summed E-state index contributed by atoms with van der Waals surface area (Å²) in [4.78, 5) is 23.4. The molecule has 2 N–H and O–H groups in total. The molecule has 110 valence electrons. The highest BCUT2D eigenvalue weighted by molar-refractivity contribution is 7.71. The molecule has 4 rings (SSSR count). The van der Waals surface area contributed by atoms with Gasteiger partial charge in [-0.15, -0.1) is 0 Å². The Morgan fingerprint density at radius 3 is 3.05 bits per heavy atom. The topological polar surface area (TPSA) is 110 Å². The first kappa shape index (κ1) is 13.0. The second-order valence-electron chi connectivity index (χ2n) is 4.67. The number of nitrogens with one attached hydrogen (secondary N) is 1. The zero-order chi connectivity index (χ0) is 15.1. The normalized spacial score (nSPS) is 13.0. The lowest BCUT2D eigenvalue weighted by molar-refractivity contribution is 0.0893. The van der Waals surface area contributed by atoms with E-state index >= 15 is 0 Å². The van der Waals surface area contributed by atoms with Gasteiger partial charge in [0, 0.05) is 0 Å². The van der Waals surface area contributed by atoms with Crippen LogP contribution in [-0.2, 0) is 6.54 Å². The van der Waals surface area contributed by atoms with Crippen molar-refractivity contribution >= 4 is 34.5 Å². The molecule has 0 amide bonds. The van der Waals surface area contributed by atoms with E-state index in [0.29, 0.717) is 27.0 Å². The highest BCUT2D eigenvalue weighted by atomic mass is 32.1. The molecule has 0 spiro atoms. The van der Waals surface area contributed by atoms with E-state index in [0.717, 1.165) is 0 Å². The van der Waals surface area contributed by atoms with Crippen LogP contribution in [0.2, 0.25) is 0 Å². The van der Waals surface area contributed by atoms with Crippen LogP contribution < -0.4 is 0 Å². The van der Waals surface area contributed by atoms with E-state index in [-0.39, 0.29) is 6.54 Å². The Balaban J connectivity index is 1.73. The zero-order valence-electron chi connectivity index (χ0n) is 11.2. The number of nitrogens with zero attached hydrogens (tertiary/aromatic N) is 7. The third-order valence-corrected chi connectivity index (χ3v) is 3.64. The molecule has 22 heavy (non-hydrogen) atoms. The van der Waals surface area contributed by atoms with E-state index in [1.165, 1.54) is 19.0 Å². The summed E-state index contributed by atoms with van der Waals surface area (Å²) in [6.45, 7) is 0.266. The molecule has 4 aromatic heterocycles. The third-order valence-electron chi connectivity index (χ3n) is 3.34. The Labute approximate surface area is 128 Å². The second-order valence-corrected chi connectivity index (χ2v) is 5.05. The van der Waals surface area contributed by atoms with Gasteiger partial charge in [-0.05, 0) is 0 Å². The van der Waals surface area contributed by atoms with E-state index < -0.39 is 6.23 Å². The lowest BCUT2D eigenvalue weighted by Crippen LogP contribution is -2.15. The number of aliphatic hydroxyl groups excluding tert-OH is 1. The first-order valence-electron chi connectivity index (χ1n) is 6.43. The van der Waals surface area contributed by atoms with Gasteiger partial charge >= 0.3 is 0 Å². The summed E-state index contributed by atoms with van der Waals surface area (Å²) in [6, 6.07) is 0. The lowest BCUT2D eigenvalue weighted by Gasteiger charge is -2.13. The first-order chi connectivity index (χ1) is 10.7. The summed E-state index contributed by atoms with van der Waals surface area (Å²) in [5, 5.41) is 10.5. The van der Waals surface area contributed by atoms with Gasteiger partial charge < -0.3 is 14.7 Å². The van der Waals surface area contributed by atoms with E-state index in [4.69, 9.17) is 12.2 Å². The maximum atomic E-state index is 10.5. The monoisotopic (exact) mass is 314 g/mol. The minimum atomic E-state index is -0.856. The Kier molecular flexibility index (Phi) is 2.91. The van der Waals surface area contributed by atoms with E-state index in [2.05, 4.69) is 29.9 Å². The summed E-state index contributed by atoms with van der Waals surface area (Å²) < 4.78 is 3.74. The molecule has 4 heterocycles. The van der Waals surface area contributed by atoms with Gasteiger partial charge in [-0.25, -0.2) is 24.9 Å². The Bertz CT molecular complexity index is 1020. The van der Waals surface area contributed by atoms with Crippen molar-refractivity contribution in [3.63, 3.8) is 0 Å². The van der Waals surface area contributed by atoms with Crippen LogP contribution in [0.3, 0.4) is 0 Å². The van der Waals surface area contributed by atoms with Crippen molar-refractivity contribution in [2.45, 2.75) is 12.8 Å². The molecule has 0 fully saturated rings. The number of rotatable bonds is 3. The largest absolute Gasteiger partial charge is 0.371 e. The number of hydrogen-bond donors (Lipinski definition) is 2. The highest BCUT2D eigenvalue weighted by Crippen LogP contribution is 2.17. The molecule has 0 aliphatic rings. The summed E-state index contributed by atoms with van der Waals surface area (Å²) in [6.07, 6.45) is 6.84. The fourth-order valence-electron chi connectivity index (χ4n) is 2.31. The molecule has 0 saturated carbocycles. The number of imidazole rings is 2. The van der Waals surface area contributed by atoms with Gasteiger partial charge in [0.25, 0.3) is 0 Å². The summed E-state index contributed by atoms with van der Waals surface area (Å²) in [5.41, 5.74) is 2.50. The molecule has 0 aliphatic heterocycles. The number of fused-ring (bicyclic) bond motifs is 2. The average Bonchev–Trinajstić information content (AvgIpc) is 3.13.